The van der Waals surface area contributed by atoms with E-state index in [4.69, 9.17) is 4.98 Å². The Bertz CT molecular complexity index is 641. The van der Waals surface area contributed by atoms with Crippen molar-refractivity contribution < 1.29 is 0 Å². The van der Waals surface area contributed by atoms with Gasteiger partial charge in [0.05, 0.1) is 11.7 Å². The summed E-state index contributed by atoms with van der Waals surface area (Å²) in [4.78, 5) is 6.27. The molecule has 1 aromatic heterocycles. The molecule has 0 aliphatic heterocycles. The van der Waals surface area contributed by atoms with E-state index < -0.39 is 0 Å². The van der Waals surface area contributed by atoms with E-state index in [1.807, 2.05) is 11.3 Å². The van der Waals surface area contributed by atoms with Crippen LogP contribution in [0.4, 0.5) is 0 Å². The normalized spacial score (nSPS) is 16.2. The second-order valence-corrected chi connectivity index (χ2v) is 7.38. The summed E-state index contributed by atoms with van der Waals surface area (Å²) in [6, 6.07) is 7.66. The van der Waals surface area contributed by atoms with Crippen molar-refractivity contribution in [3.05, 3.63) is 50.5 Å². The Hall–Kier alpha value is -1.19. The molecule has 0 saturated heterocycles. The third-order valence-electron chi connectivity index (χ3n) is 4.22. The number of hydrogen-bond donors (Lipinski definition) is 1. The predicted octanol–water partition coefficient (Wildman–Crippen LogP) is 4.47. The topological polar surface area (TPSA) is 24.9 Å². The zero-order valence-electron chi connectivity index (χ0n) is 13.4. The maximum absolute atomic E-state index is 4.91. The van der Waals surface area contributed by atoms with E-state index in [-0.39, 0.29) is 6.04 Å². The van der Waals surface area contributed by atoms with E-state index in [0.717, 1.165) is 6.42 Å². The first-order chi connectivity index (χ1) is 10.1. The molecule has 2 aromatic rings. The van der Waals surface area contributed by atoms with E-state index in [9.17, 15) is 0 Å². The summed E-state index contributed by atoms with van der Waals surface area (Å²) in [5, 5.41) is 5.03. The Morgan fingerprint density at radius 3 is 2.67 bits per heavy atom. The SMILES string of the molecule is CCc1nc(C(NC2CC2)c2cc(C)ccc2C)sc1C. The highest BCUT2D eigenvalue weighted by atomic mass is 32.1. The van der Waals surface area contributed by atoms with Crippen molar-refractivity contribution in [2.75, 3.05) is 0 Å². The minimum Gasteiger partial charge on any atom is -0.301 e. The van der Waals surface area contributed by atoms with Gasteiger partial charge in [-0.1, -0.05) is 30.7 Å². The molecule has 3 rings (SSSR count). The number of aromatic nitrogens is 1. The highest BCUT2D eigenvalue weighted by molar-refractivity contribution is 7.11. The fourth-order valence-corrected chi connectivity index (χ4v) is 3.84. The second-order valence-electron chi connectivity index (χ2n) is 6.14. The zero-order chi connectivity index (χ0) is 15.0. The molecule has 1 unspecified atom stereocenters. The third kappa shape index (κ3) is 3.19. The molecule has 2 nitrogen and oxygen atoms in total. The fourth-order valence-electron chi connectivity index (χ4n) is 2.75. The van der Waals surface area contributed by atoms with Gasteiger partial charge in [-0.15, -0.1) is 11.3 Å². The predicted molar refractivity (Wildman–Crippen MR) is 90.1 cm³/mol. The molecule has 1 atom stereocenters. The van der Waals surface area contributed by atoms with Crippen molar-refractivity contribution in [1.29, 1.82) is 0 Å². The minimum absolute atomic E-state index is 0.251. The largest absolute Gasteiger partial charge is 0.301 e. The number of benzene rings is 1. The smallest absolute Gasteiger partial charge is 0.115 e. The van der Waals surface area contributed by atoms with Crippen molar-refractivity contribution >= 4 is 11.3 Å². The Morgan fingerprint density at radius 1 is 1.29 bits per heavy atom. The van der Waals surface area contributed by atoms with Crippen LogP contribution in [0.25, 0.3) is 0 Å². The molecule has 1 fully saturated rings. The van der Waals surface area contributed by atoms with E-state index >= 15 is 0 Å². The summed E-state index contributed by atoms with van der Waals surface area (Å²) in [5.74, 6) is 0. The summed E-state index contributed by atoms with van der Waals surface area (Å²) in [6.07, 6.45) is 3.62. The molecule has 1 heterocycles. The van der Waals surface area contributed by atoms with Crippen molar-refractivity contribution in [3.63, 3.8) is 0 Å². The summed E-state index contributed by atoms with van der Waals surface area (Å²) in [7, 11) is 0. The molecule has 1 aromatic carbocycles. The molecule has 1 N–H and O–H groups in total. The van der Waals surface area contributed by atoms with Gasteiger partial charge in [0.2, 0.25) is 0 Å². The van der Waals surface area contributed by atoms with Crippen molar-refractivity contribution in [3.8, 4) is 0 Å². The van der Waals surface area contributed by atoms with E-state index in [1.165, 1.54) is 45.1 Å². The van der Waals surface area contributed by atoms with Crippen LogP contribution in [0.2, 0.25) is 0 Å². The van der Waals surface area contributed by atoms with Gasteiger partial charge < -0.3 is 5.32 Å². The van der Waals surface area contributed by atoms with E-state index in [0.29, 0.717) is 6.04 Å². The summed E-state index contributed by atoms with van der Waals surface area (Å²) < 4.78 is 0. The van der Waals surface area contributed by atoms with Crippen molar-refractivity contribution in [2.45, 2.75) is 59.0 Å². The van der Waals surface area contributed by atoms with Crippen molar-refractivity contribution in [2.24, 2.45) is 0 Å². The standard InChI is InChI=1S/C18H24N2S/c1-5-16-13(4)21-18(20-16)17(19-14-8-9-14)15-10-11(2)6-7-12(15)3/h6-7,10,14,17,19H,5,8-9H2,1-4H3. The molecular formula is C18H24N2S. The summed E-state index contributed by atoms with van der Waals surface area (Å²) in [6.45, 7) is 8.75. The van der Waals surface area contributed by atoms with Gasteiger partial charge in [0.25, 0.3) is 0 Å². The van der Waals surface area contributed by atoms with Gasteiger partial charge in [-0.2, -0.15) is 0 Å². The lowest BCUT2D eigenvalue weighted by atomic mass is 9.99. The van der Waals surface area contributed by atoms with Crippen LogP contribution in [-0.4, -0.2) is 11.0 Å². The van der Waals surface area contributed by atoms with Crippen LogP contribution in [0, 0.1) is 20.8 Å². The number of thiazole rings is 1. The highest BCUT2D eigenvalue weighted by Gasteiger charge is 2.29. The fraction of sp³-hybridized carbons (Fsp3) is 0.500. The molecule has 3 heteroatoms. The Balaban J connectivity index is 2.01. The van der Waals surface area contributed by atoms with Gasteiger partial charge in [-0.25, -0.2) is 4.98 Å². The molecule has 1 saturated carbocycles. The average molecular weight is 300 g/mol. The first-order valence-corrected chi connectivity index (χ1v) is 8.69. The van der Waals surface area contributed by atoms with Gasteiger partial charge in [0.1, 0.15) is 5.01 Å². The van der Waals surface area contributed by atoms with E-state index in [1.54, 1.807) is 0 Å². The van der Waals surface area contributed by atoms with Gasteiger partial charge in [-0.05, 0) is 51.2 Å². The van der Waals surface area contributed by atoms with Gasteiger partial charge >= 0.3 is 0 Å². The summed E-state index contributed by atoms with van der Waals surface area (Å²) >= 11 is 1.85. The van der Waals surface area contributed by atoms with Crippen LogP contribution in [-0.2, 0) is 6.42 Å². The maximum Gasteiger partial charge on any atom is 0.115 e. The summed E-state index contributed by atoms with van der Waals surface area (Å²) in [5.41, 5.74) is 5.31. The number of rotatable bonds is 5. The highest BCUT2D eigenvalue weighted by Crippen LogP contribution is 2.34. The molecule has 1 aliphatic rings. The lowest BCUT2D eigenvalue weighted by Crippen LogP contribution is -2.25. The van der Waals surface area contributed by atoms with Crippen LogP contribution >= 0.6 is 11.3 Å². The van der Waals surface area contributed by atoms with Crippen LogP contribution in [0.1, 0.15) is 58.1 Å². The molecular weight excluding hydrogens is 276 g/mol. The Kier molecular flexibility index (Phi) is 4.14. The van der Waals surface area contributed by atoms with Crippen LogP contribution in [0.5, 0.6) is 0 Å². The van der Waals surface area contributed by atoms with Crippen LogP contribution in [0.3, 0.4) is 0 Å². The van der Waals surface area contributed by atoms with Gasteiger partial charge in [0.15, 0.2) is 0 Å². The monoisotopic (exact) mass is 300 g/mol. The second kappa shape index (κ2) is 5.90. The number of aryl methyl sites for hydroxylation is 4. The van der Waals surface area contributed by atoms with E-state index in [2.05, 4.69) is 51.2 Å². The lowest BCUT2D eigenvalue weighted by Gasteiger charge is -2.19. The Labute approximate surface area is 131 Å². The molecule has 0 bridgehead atoms. The van der Waals surface area contributed by atoms with Gasteiger partial charge in [-0.3, -0.25) is 0 Å². The zero-order valence-corrected chi connectivity index (χ0v) is 14.2. The van der Waals surface area contributed by atoms with Crippen molar-refractivity contribution in [1.82, 2.24) is 10.3 Å². The van der Waals surface area contributed by atoms with Gasteiger partial charge in [0, 0.05) is 10.9 Å². The van der Waals surface area contributed by atoms with Crippen LogP contribution < -0.4 is 5.32 Å². The minimum atomic E-state index is 0.251. The van der Waals surface area contributed by atoms with Crippen LogP contribution in [0.15, 0.2) is 18.2 Å². The maximum atomic E-state index is 4.91. The molecule has 0 amide bonds. The molecule has 0 radical (unpaired) electrons. The average Bonchev–Trinajstić information content (AvgIpc) is 3.20. The molecule has 0 spiro atoms. The lowest BCUT2D eigenvalue weighted by molar-refractivity contribution is 0.594. The molecule has 21 heavy (non-hydrogen) atoms. The first-order valence-electron chi connectivity index (χ1n) is 7.88. The number of nitrogens with one attached hydrogen (secondary N) is 1. The number of hydrogen-bond acceptors (Lipinski definition) is 3. The number of nitrogens with zero attached hydrogens (tertiary/aromatic N) is 1. The molecule has 1 aliphatic carbocycles. The quantitative estimate of drug-likeness (QED) is 0.881. The molecule has 112 valence electrons. The first kappa shape index (κ1) is 14.7. The Morgan fingerprint density at radius 2 is 2.05 bits per heavy atom. The third-order valence-corrected chi connectivity index (χ3v) is 5.29.